The lowest BCUT2D eigenvalue weighted by Crippen LogP contribution is -2.42. The van der Waals surface area contributed by atoms with E-state index in [-0.39, 0.29) is 50.6 Å². The minimum Gasteiger partial charge on any atom is -0.460 e. The summed E-state index contributed by atoms with van der Waals surface area (Å²) in [7, 11) is 0. The molecule has 0 aliphatic carbocycles. The van der Waals surface area contributed by atoms with Gasteiger partial charge in [0.15, 0.2) is 0 Å². The van der Waals surface area contributed by atoms with E-state index in [9.17, 15) is 24.3 Å². The van der Waals surface area contributed by atoms with Crippen LogP contribution in [0.15, 0.2) is 72.8 Å². The first kappa shape index (κ1) is 32.5. The first-order valence-electron chi connectivity index (χ1n) is 14.4. The molecule has 2 amide bonds. The number of aliphatic hydroxyl groups is 1. The Labute approximate surface area is 247 Å². The number of allylic oxidation sites excluding steroid dienone is 2. The smallest absolute Gasteiger partial charge is 0.310 e. The van der Waals surface area contributed by atoms with Crippen LogP contribution in [-0.2, 0) is 35.1 Å². The van der Waals surface area contributed by atoms with Gasteiger partial charge in [0.05, 0.1) is 37.5 Å². The van der Waals surface area contributed by atoms with Crippen molar-refractivity contribution in [3.8, 4) is 0 Å². The molecule has 9 heteroatoms. The van der Waals surface area contributed by atoms with Gasteiger partial charge in [-0.05, 0) is 51.2 Å². The molecule has 3 rings (SSSR count). The van der Waals surface area contributed by atoms with E-state index in [2.05, 4.69) is 10.6 Å². The number of nitrogens with one attached hydrogen (secondary N) is 2. The Morgan fingerprint density at radius 2 is 1.60 bits per heavy atom. The van der Waals surface area contributed by atoms with E-state index in [0.29, 0.717) is 12.0 Å². The molecule has 0 bridgehead atoms. The van der Waals surface area contributed by atoms with Crippen molar-refractivity contribution >= 4 is 23.8 Å². The summed E-state index contributed by atoms with van der Waals surface area (Å²) in [6.07, 6.45) is 3.39. The molecule has 1 aliphatic heterocycles. The minimum absolute atomic E-state index is 0.00283. The highest BCUT2D eigenvalue weighted by Crippen LogP contribution is 2.24. The molecule has 2 aromatic rings. The summed E-state index contributed by atoms with van der Waals surface area (Å²) in [4.78, 5) is 52.0. The second-order valence-electron chi connectivity index (χ2n) is 11.5. The summed E-state index contributed by atoms with van der Waals surface area (Å²) in [6.45, 7) is 5.06. The molecular formula is C33H42N2O7. The van der Waals surface area contributed by atoms with E-state index in [1.165, 1.54) is 0 Å². The maximum absolute atomic E-state index is 13.2. The van der Waals surface area contributed by atoms with Gasteiger partial charge in [0, 0.05) is 6.42 Å². The van der Waals surface area contributed by atoms with Gasteiger partial charge in [0.1, 0.15) is 11.7 Å². The third-order valence-electron chi connectivity index (χ3n) is 6.78. The van der Waals surface area contributed by atoms with Crippen LogP contribution < -0.4 is 10.6 Å². The highest BCUT2D eigenvalue weighted by atomic mass is 16.6. The molecule has 0 unspecified atom stereocenters. The van der Waals surface area contributed by atoms with E-state index in [4.69, 9.17) is 9.47 Å². The van der Waals surface area contributed by atoms with Gasteiger partial charge in [-0.3, -0.25) is 19.2 Å². The maximum Gasteiger partial charge on any atom is 0.310 e. The highest BCUT2D eigenvalue weighted by Gasteiger charge is 2.30. The number of hydrogen-bond acceptors (Lipinski definition) is 7. The summed E-state index contributed by atoms with van der Waals surface area (Å²) >= 11 is 0. The van der Waals surface area contributed by atoms with E-state index in [1.54, 1.807) is 45.1 Å². The lowest BCUT2D eigenvalue weighted by atomic mass is 9.96. The van der Waals surface area contributed by atoms with Crippen LogP contribution in [0, 0.1) is 11.8 Å². The second-order valence-corrected chi connectivity index (χ2v) is 11.5. The first-order chi connectivity index (χ1) is 20.0. The van der Waals surface area contributed by atoms with E-state index in [0.717, 1.165) is 5.56 Å². The number of rotatable bonds is 9. The van der Waals surface area contributed by atoms with Crippen molar-refractivity contribution in [2.45, 2.75) is 70.6 Å². The lowest BCUT2D eigenvalue weighted by molar-refractivity contribution is -0.164. The van der Waals surface area contributed by atoms with Crippen LogP contribution in [0.1, 0.15) is 63.7 Å². The van der Waals surface area contributed by atoms with Gasteiger partial charge in [-0.1, -0.05) is 72.8 Å². The number of carbonyl (C=O) groups is 4. The van der Waals surface area contributed by atoms with Crippen molar-refractivity contribution in [2.75, 3.05) is 13.2 Å². The zero-order chi connectivity index (χ0) is 30.5. The Bertz CT molecular complexity index is 1210. The average Bonchev–Trinajstić information content (AvgIpc) is 2.95. The molecule has 4 atom stereocenters. The topological polar surface area (TPSA) is 131 Å². The molecule has 0 fully saturated rings. The van der Waals surface area contributed by atoms with Crippen LogP contribution in [0.2, 0.25) is 0 Å². The molecule has 0 spiro atoms. The molecule has 2 aromatic carbocycles. The third-order valence-corrected chi connectivity index (χ3v) is 6.78. The predicted molar refractivity (Wildman–Crippen MR) is 158 cm³/mol. The van der Waals surface area contributed by atoms with Crippen LogP contribution in [0.5, 0.6) is 0 Å². The number of ether oxygens (including phenoxy) is 2. The molecule has 0 aromatic heterocycles. The fourth-order valence-corrected chi connectivity index (χ4v) is 4.69. The number of carbonyl (C=O) groups excluding carboxylic acids is 4. The van der Waals surface area contributed by atoms with Crippen LogP contribution in [0.3, 0.4) is 0 Å². The quantitative estimate of drug-likeness (QED) is 0.305. The van der Waals surface area contributed by atoms with Crippen LogP contribution in [0.25, 0.3) is 0 Å². The number of aliphatic hydroxyl groups excluding tert-OH is 1. The number of cyclic esters (lactones) is 1. The predicted octanol–water partition coefficient (Wildman–Crippen LogP) is 3.81. The van der Waals surface area contributed by atoms with Crippen molar-refractivity contribution < 1.29 is 33.8 Å². The summed E-state index contributed by atoms with van der Waals surface area (Å²) in [5.41, 5.74) is 0.977. The van der Waals surface area contributed by atoms with Crippen LogP contribution in [-0.4, -0.2) is 53.7 Å². The summed E-state index contributed by atoms with van der Waals surface area (Å²) in [5, 5.41) is 15.5. The SMILES string of the molecule is CC(C)(C)OC(=O)C[C@@H]1C/C=C\C[C@@H](CC(=O)N[C@H](CO)Cc2ccccc2)C(=O)NC[C@@H](c2ccccc2)OC1=O. The van der Waals surface area contributed by atoms with E-state index in [1.807, 2.05) is 48.5 Å². The van der Waals surface area contributed by atoms with Crippen molar-refractivity contribution in [2.24, 2.45) is 11.8 Å². The lowest BCUT2D eigenvalue weighted by Gasteiger charge is -2.25. The van der Waals surface area contributed by atoms with Gasteiger partial charge in [-0.2, -0.15) is 0 Å². The monoisotopic (exact) mass is 578 g/mol. The van der Waals surface area contributed by atoms with Crippen LogP contribution >= 0.6 is 0 Å². The number of esters is 2. The Morgan fingerprint density at radius 1 is 0.976 bits per heavy atom. The highest BCUT2D eigenvalue weighted by molar-refractivity contribution is 5.86. The molecule has 3 N–H and O–H groups in total. The number of amides is 2. The zero-order valence-electron chi connectivity index (χ0n) is 24.6. The van der Waals surface area contributed by atoms with E-state index < -0.39 is 41.5 Å². The fraction of sp³-hybridized carbons (Fsp3) is 0.455. The van der Waals surface area contributed by atoms with Gasteiger partial charge in [0.2, 0.25) is 11.8 Å². The molecule has 0 saturated carbocycles. The second kappa shape index (κ2) is 15.9. The molecule has 1 heterocycles. The van der Waals surface area contributed by atoms with Gasteiger partial charge < -0.3 is 25.2 Å². The molecule has 42 heavy (non-hydrogen) atoms. The Hall–Kier alpha value is -3.98. The molecule has 1 aliphatic rings. The normalized spacial score (nSPS) is 21.5. The number of hydrogen-bond donors (Lipinski definition) is 3. The summed E-state index contributed by atoms with van der Waals surface area (Å²) in [5.74, 6) is -3.21. The minimum atomic E-state index is -0.786. The average molecular weight is 579 g/mol. The molecule has 0 saturated heterocycles. The Balaban J connectivity index is 1.75. The fourth-order valence-electron chi connectivity index (χ4n) is 4.69. The van der Waals surface area contributed by atoms with Gasteiger partial charge in [0.25, 0.3) is 0 Å². The molecular weight excluding hydrogens is 536 g/mol. The largest absolute Gasteiger partial charge is 0.460 e. The van der Waals surface area contributed by atoms with Crippen LogP contribution in [0.4, 0.5) is 0 Å². The van der Waals surface area contributed by atoms with Crippen molar-refractivity contribution in [3.05, 3.63) is 83.9 Å². The number of benzene rings is 2. The van der Waals surface area contributed by atoms with Crippen molar-refractivity contribution in [3.63, 3.8) is 0 Å². The molecule has 9 nitrogen and oxygen atoms in total. The summed E-state index contributed by atoms with van der Waals surface area (Å²) < 4.78 is 11.3. The Kier molecular flexibility index (Phi) is 12.3. The van der Waals surface area contributed by atoms with Gasteiger partial charge in [-0.25, -0.2) is 0 Å². The van der Waals surface area contributed by atoms with Gasteiger partial charge >= 0.3 is 11.9 Å². The third kappa shape index (κ3) is 11.1. The Morgan fingerprint density at radius 3 is 2.21 bits per heavy atom. The van der Waals surface area contributed by atoms with E-state index >= 15 is 0 Å². The molecule has 226 valence electrons. The maximum atomic E-state index is 13.2. The first-order valence-corrected chi connectivity index (χ1v) is 14.4. The molecule has 0 radical (unpaired) electrons. The summed E-state index contributed by atoms with van der Waals surface area (Å²) in [6, 6.07) is 18.1. The van der Waals surface area contributed by atoms with Gasteiger partial charge in [-0.15, -0.1) is 0 Å². The van der Waals surface area contributed by atoms with Crippen molar-refractivity contribution in [1.29, 1.82) is 0 Å². The zero-order valence-corrected chi connectivity index (χ0v) is 24.6. The standard InChI is InChI=1S/C33H42N2O7/c1-33(2,3)42-30(38)20-26-17-11-10-16-25(19-29(37)35-27(22-36)18-23-12-6-4-7-13-23)31(39)34-21-28(41-32(26)40)24-14-8-5-9-15-24/h4-15,25-28,36H,16-22H2,1-3H3,(H,34,39)(H,35,37)/b11-10-/t25-,26-,27-,28-/m0/s1. The van der Waals surface area contributed by atoms with Crippen molar-refractivity contribution in [1.82, 2.24) is 10.6 Å².